The fraction of sp³-hybridized carbons (Fsp3) is 0.533. The Bertz CT molecular complexity index is 559. The van der Waals surface area contributed by atoms with Crippen molar-refractivity contribution in [3.8, 4) is 6.07 Å². The third kappa shape index (κ3) is 4.95. The van der Waals surface area contributed by atoms with Crippen molar-refractivity contribution in [3.05, 3.63) is 35.4 Å². The third-order valence-corrected chi connectivity index (χ3v) is 5.44. The number of aryl methyl sites for hydroxylation is 1. The van der Waals surface area contributed by atoms with Crippen LogP contribution in [-0.4, -0.2) is 31.6 Å². The summed E-state index contributed by atoms with van der Waals surface area (Å²) in [6.45, 7) is 3.93. The van der Waals surface area contributed by atoms with Crippen LogP contribution in [0, 0.1) is 18.3 Å². The quantitative estimate of drug-likeness (QED) is 0.726. The Labute approximate surface area is 122 Å². The van der Waals surface area contributed by atoms with Gasteiger partial charge in [0.05, 0.1) is 11.8 Å². The lowest BCUT2D eigenvalue weighted by molar-refractivity contribution is 0.386. The van der Waals surface area contributed by atoms with Gasteiger partial charge in [0.1, 0.15) is 0 Å². The molecular weight excluding hydrogens is 272 g/mol. The number of sulfonamides is 1. The van der Waals surface area contributed by atoms with Crippen LogP contribution in [0.4, 0.5) is 0 Å². The Morgan fingerprint density at radius 1 is 1.30 bits per heavy atom. The summed E-state index contributed by atoms with van der Waals surface area (Å²) >= 11 is 0. The minimum atomic E-state index is -3.28. The summed E-state index contributed by atoms with van der Waals surface area (Å²) in [5.74, 6) is 0.0370. The van der Waals surface area contributed by atoms with E-state index in [1.165, 1.54) is 9.87 Å². The molecule has 0 saturated carbocycles. The molecule has 0 N–H and O–H groups in total. The van der Waals surface area contributed by atoms with E-state index in [4.69, 9.17) is 5.26 Å². The van der Waals surface area contributed by atoms with E-state index < -0.39 is 10.0 Å². The molecule has 1 aromatic rings. The largest absolute Gasteiger partial charge is 0.214 e. The van der Waals surface area contributed by atoms with E-state index in [0.29, 0.717) is 12.8 Å². The summed E-state index contributed by atoms with van der Waals surface area (Å²) in [7, 11) is -1.67. The second kappa shape index (κ2) is 7.41. The lowest BCUT2D eigenvalue weighted by atomic mass is 10.1. The highest BCUT2D eigenvalue weighted by atomic mass is 32.2. The summed E-state index contributed by atoms with van der Waals surface area (Å²) < 4.78 is 25.6. The monoisotopic (exact) mass is 294 g/mol. The molecule has 1 atom stereocenters. The van der Waals surface area contributed by atoms with Crippen molar-refractivity contribution in [1.82, 2.24) is 4.31 Å². The Hall–Kier alpha value is -1.38. The molecular formula is C15H22N2O2S. The van der Waals surface area contributed by atoms with Crippen molar-refractivity contribution in [2.24, 2.45) is 0 Å². The number of hydrogen-bond donors (Lipinski definition) is 0. The normalized spacial score (nSPS) is 13.2. The summed E-state index contributed by atoms with van der Waals surface area (Å²) in [6.07, 6.45) is 1.36. The molecule has 5 heteroatoms. The highest BCUT2D eigenvalue weighted by molar-refractivity contribution is 7.89. The van der Waals surface area contributed by atoms with Crippen molar-refractivity contribution in [3.63, 3.8) is 0 Å². The van der Waals surface area contributed by atoms with Crippen molar-refractivity contribution in [1.29, 1.82) is 5.26 Å². The standard InChI is InChI=1S/C15H22N2O2S/c1-13-6-8-15(9-7-13)12-14(2)17(3)20(18,19)11-5-4-10-16/h6-9,14H,4-5,11-12H2,1-3H3. The molecule has 1 unspecified atom stereocenters. The first-order valence-corrected chi connectivity index (χ1v) is 8.36. The topological polar surface area (TPSA) is 61.2 Å². The number of hydrogen-bond acceptors (Lipinski definition) is 3. The SMILES string of the molecule is Cc1ccc(CC(C)N(C)S(=O)(=O)CCCC#N)cc1. The molecule has 0 radical (unpaired) electrons. The van der Waals surface area contributed by atoms with Gasteiger partial charge in [0.15, 0.2) is 0 Å². The van der Waals surface area contributed by atoms with Crippen LogP contribution in [0.1, 0.15) is 30.9 Å². The molecule has 0 heterocycles. The Morgan fingerprint density at radius 3 is 2.45 bits per heavy atom. The first-order valence-electron chi connectivity index (χ1n) is 6.75. The Kier molecular flexibility index (Phi) is 6.18. The van der Waals surface area contributed by atoms with Gasteiger partial charge in [-0.3, -0.25) is 0 Å². The zero-order valence-corrected chi connectivity index (χ0v) is 13.2. The smallest absolute Gasteiger partial charge is 0.212 e. The van der Waals surface area contributed by atoms with Gasteiger partial charge in [-0.2, -0.15) is 5.26 Å². The maximum Gasteiger partial charge on any atom is 0.214 e. The summed E-state index contributed by atoms with van der Waals surface area (Å²) in [6, 6.07) is 10.00. The molecule has 0 amide bonds. The van der Waals surface area contributed by atoms with Gasteiger partial charge in [-0.15, -0.1) is 0 Å². The van der Waals surface area contributed by atoms with Crippen molar-refractivity contribution < 1.29 is 8.42 Å². The fourth-order valence-corrected chi connectivity index (χ4v) is 3.37. The molecule has 0 aliphatic heterocycles. The first kappa shape index (κ1) is 16.7. The molecule has 0 aliphatic rings. The molecule has 0 saturated heterocycles. The second-order valence-electron chi connectivity index (χ2n) is 5.13. The van der Waals surface area contributed by atoms with Crippen molar-refractivity contribution in [2.75, 3.05) is 12.8 Å². The summed E-state index contributed by atoms with van der Waals surface area (Å²) in [5.41, 5.74) is 2.32. The maximum absolute atomic E-state index is 12.1. The van der Waals surface area contributed by atoms with E-state index in [-0.39, 0.29) is 18.2 Å². The van der Waals surface area contributed by atoms with Gasteiger partial charge in [-0.05, 0) is 32.3 Å². The highest BCUT2D eigenvalue weighted by Gasteiger charge is 2.22. The van der Waals surface area contributed by atoms with E-state index in [9.17, 15) is 8.42 Å². The summed E-state index contributed by atoms with van der Waals surface area (Å²) in [5, 5.41) is 8.47. The zero-order chi connectivity index (χ0) is 15.2. The molecule has 0 spiro atoms. The van der Waals surface area contributed by atoms with Crippen LogP contribution in [0.2, 0.25) is 0 Å². The lowest BCUT2D eigenvalue weighted by Gasteiger charge is -2.24. The Balaban J connectivity index is 2.64. The summed E-state index contributed by atoms with van der Waals surface area (Å²) in [4.78, 5) is 0. The predicted octanol–water partition coefficient (Wildman–Crippen LogP) is 2.49. The fourth-order valence-electron chi connectivity index (χ4n) is 1.95. The van der Waals surface area contributed by atoms with Crippen LogP contribution in [-0.2, 0) is 16.4 Å². The minimum absolute atomic E-state index is 0.0370. The first-order chi connectivity index (χ1) is 9.36. The molecule has 0 bridgehead atoms. The molecule has 0 aliphatic carbocycles. The van der Waals surface area contributed by atoms with Crippen LogP contribution in [0.3, 0.4) is 0 Å². The molecule has 1 rings (SSSR count). The number of benzene rings is 1. The molecule has 0 fully saturated rings. The lowest BCUT2D eigenvalue weighted by Crippen LogP contribution is -2.37. The van der Waals surface area contributed by atoms with Crippen LogP contribution >= 0.6 is 0 Å². The van der Waals surface area contributed by atoms with Gasteiger partial charge in [0.25, 0.3) is 0 Å². The number of unbranched alkanes of at least 4 members (excludes halogenated alkanes) is 1. The van der Waals surface area contributed by atoms with Crippen molar-refractivity contribution >= 4 is 10.0 Å². The average Bonchev–Trinajstić information content (AvgIpc) is 2.40. The van der Waals surface area contributed by atoms with E-state index >= 15 is 0 Å². The Morgan fingerprint density at radius 2 is 1.90 bits per heavy atom. The molecule has 1 aromatic carbocycles. The van der Waals surface area contributed by atoms with Gasteiger partial charge in [-0.1, -0.05) is 29.8 Å². The minimum Gasteiger partial charge on any atom is -0.212 e. The number of nitriles is 1. The number of rotatable bonds is 7. The zero-order valence-electron chi connectivity index (χ0n) is 12.3. The van der Waals surface area contributed by atoms with Crippen LogP contribution in [0.15, 0.2) is 24.3 Å². The predicted molar refractivity (Wildman–Crippen MR) is 80.7 cm³/mol. The maximum atomic E-state index is 12.1. The number of likely N-dealkylation sites (N-methyl/N-ethyl adjacent to an activating group) is 1. The van der Waals surface area contributed by atoms with E-state index in [1.54, 1.807) is 7.05 Å². The van der Waals surface area contributed by atoms with E-state index in [1.807, 2.05) is 44.2 Å². The highest BCUT2D eigenvalue weighted by Crippen LogP contribution is 2.13. The van der Waals surface area contributed by atoms with Gasteiger partial charge < -0.3 is 0 Å². The molecule has 0 aromatic heterocycles. The molecule has 110 valence electrons. The van der Waals surface area contributed by atoms with Crippen LogP contribution in [0.25, 0.3) is 0 Å². The van der Waals surface area contributed by atoms with E-state index in [0.717, 1.165) is 5.56 Å². The van der Waals surface area contributed by atoms with E-state index in [2.05, 4.69) is 0 Å². The molecule has 4 nitrogen and oxygen atoms in total. The van der Waals surface area contributed by atoms with Gasteiger partial charge >= 0.3 is 0 Å². The number of nitrogens with zero attached hydrogens (tertiary/aromatic N) is 2. The van der Waals surface area contributed by atoms with Gasteiger partial charge in [0, 0.05) is 19.5 Å². The van der Waals surface area contributed by atoms with Crippen LogP contribution < -0.4 is 0 Å². The van der Waals surface area contributed by atoms with Gasteiger partial charge in [-0.25, -0.2) is 12.7 Å². The average molecular weight is 294 g/mol. The third-order valence-electron chi connectivity index (χ3n) is 3.40. The molecule has 20 heavy (non-hydrogen) atoms. The van der Waals surface area contributed by atoms with Crippen molar-refractivity contribution in [2.45, 2.75) is 39.2 Å². The second-order valence-corrected chi connectivity index (χ2v) is 7.28. The van der Waals surface area contributed by atoms with Crippen LogP contribution in [0.5, 0.6) is 0 Å². The van der Waals surface area contributed by atoms with Gasteiger partial charge in [0.2, 0.25) is 10.0 Å².